The van der Waals surface area contributed by atoms with Crippen LogP contribution in [0.3, 0.4) is 0 Å². The van der Waals surface area contributed by atoms with Gasteiger partial charge < -0.3 is 20.1 Å². The molecule has 0 radical (unpaired) electrons. The van der Waals surface area contributed by atoms with Crippen LogP contribution in [0.15, 0.2) is 52.0 Å². The minimum Gasteiger partial charge on any atom is -0.382 e. The second-order valence-corrected chi connectivity index (χ2v) is 8.58. The van der Waals surface area contributed by atoms with Gasteiger partial charge >= 0.3 is 6.18 Å². The standard InChI is InChI=1S/C23H17F3N8O5/c24-23(25,26)13-9-10(3-5-28-13)34-6-4-14(31-34)33-7-8-38-18(22(33)37)16(35)20-29-12-2-1-11-17(39-32-19(11)27)15(12)21(36)30-20/h1-6,9,16,18,32,35H,7-8,27H2/t16?,18-/m1/s1. The number of aliphatic hydroxyl groups excluding tert-OH is 1. The van der Waals surface area contributed by atoms with E-state index < -0.39 is 35.5 Å². The third-order valence-electron chi connectivity index (χ3n) is 6.18. The average Bonchev–Trinajstić information content (AvgIpc) is 3.55. The lowest BCUT2D eigenvalue weighted by Crippen LogP contribution is -2.50. The van der Waals surface area contributed by atoms with Crippen LogP contribution in [0.5, 0.6) is 0 Å². The van der Waals surface area contributed by atoms with Gasteiger partial charge in [0.25, 0.3) is 11.5 Å². The predicted octanol–water partition coefficient (Wildman–Crippen LogP) is 1.71. The molecule has 200 valence electrons. The SMILES string of the molecule is Nc1[nH]oc2c1ccc1nc(C(O)[C@H]3OCCN(c4ccn(-c5ccnc(C(F)(F)F)c5)n4)C3=O)nc(=O)c12. The number of aliphatic hydroxyl groups is 1. The molecule has 39 heavy (non-hydrogen) atoms. The van der Waals surface area contributed by atoms with Crippen molar-refractivity contribution in [2.24, 2.45) is 0 Å². The Morgan fingerprint density at radius 3 is 2.79 bits per heavy atom. The minimum absolute atomic E-state index is 0.00620. The summed E-state index contributed by atoms with van der Waals surface area (Å²) in [6, 6.07) is 6.67. The molecule has 4 aromatic heterocycles. The first kappa shape index (κ1) is 24.5. The molecule has 0 saturated carbocycles. The van der Waals surface area contributed by atoms with Crippen molar-refractivity contribution in [3.63, 3.8) is 0 Å². The van der Waals surface area contributed by atoms with Gasteiger partial charge in [0.2, 0.25) is 0 Å². The maximum atomic E-state index is 13.3. The fourth-order valence-electron chi connectivity index (χ4n) is 4.31. The number of fused-ring (bicyclic) bond motifs is 3. The number of nitrogen functional groups attached to an aromatic ring is 1. The van der Waals surface area contributed by atoms with Gasteiger partial charge in [0, 0.05) is 18.5 Å². The van der Waals surface area contributed by atoms with Crippen LogP contribution in [-0.4, -0.2) is 60.2 Å². The van der Waals surface area contributed by atoms with Gasteiger partial charge in [-0.3, -0.25) is 19.5 Å². The number of anilines is 2. The maximum absolute atomic E-state index is 13.3. The van der Waals surface area contributed by atoms with Crippen LogP contribution in [0.25, 0.3) is 27.6 Å². The van der Waals surface area contributed by atoms with Crippen LogP contribution in [0.4, 0.5) is 24.8 Å². The number of benzene rings is 1. The zero-order chi connectivity index (χ0) is 27.5. The van der Waals surface area contributed by atoms with E-state index in [0.717, 1.165) is 16.9 Å². The molecule has 1 amide bonds. The lowest BCUT2D eigenvalue weighted by molar-refractivity contribution is -0.143. The largest absolute Gasteiger partial charge is 0.433 e. The van der Waals surface area contributed by atoms with E-state index in [1.54, 1.807) is 6.07 Å². The zero-order valence-electron chi connectivity index (χ0n) is 19.6. The highest BCUT2D eigenvalue weighted by Gasteiger charge is 2.39. The fourth-order valence-corrected chi connectivity index (χ4v) is 4.31. The summed E-state index contributed by atoms with van der Waals surface area (Å²) in [6.07, 6.45) is -5.44. The molecule has 1 fully saturated rings. The zero-order valence-corrected chi connectivity index (χ0v) is 19.6. The van der Waals surface area contributed by atoms with E-state index in [4.69, 9.17) is 15.0 Å². The van der Waals surface area contributed by atoms with Crippen molar-refractivity contribution in [2.45, 2.75) is 18.4 Å². The number of rotatable bonds is 4. The number of morpholine rings is 1. The first-order chi connectivity index (χ1) is 18.6. The van der Waals surface area contributed by atoms with Gasteiger partial charge in [-0.15, -0.1) is 5.10 Å². The van der Waals surface area contributed by atoms with Gasteiger partial charge in [0.05, 0.1) is 29.7 Å². The Morgan fingerprint density at radius 1 is 1.18 bits per heavy atom. The third-order valence-corrected chi connectivity index (χ3v) is 6.18. The molecular weight excluding hydrogens is 525 g/mol. The molecule has 6 rings (SSSR count). The van der Waals surface area contributed by atoms with E-state index in [1.165, 1.54) is 29.3 Å². The van der Waals surface area contributed by atoms with Gasteiger partial charge in [-0.2, -0.15) is 18.2 Å². The molecule has 5 heterocycles. The molecule has 0 spiro atoms. The molecule has 5 aromatic rings. The van der Waals surface area contributed by atoms with E-state index in [9.17, 15) is 27.9 Å². The van der Waals surface area contributed by atoms with Gasteiger partial charge in [-0.05, 0) is 24.3 Å². The number of aromatic nitrogens is 6. The number of pyridine rings is 1. The molecule has 4 N–H and O–H groups in total. The summed E-state index contributed by atoms with van der Waals surface area (Å²) in [7, 11) is 0. The van der Waals surface area contributed by atoms with Crippen molar-refractivity contribution in [1.29, 1.82) is 0 Å². The first-order valence-electron chi connectivity index (χ1n) is 11.4. The molecule has 16 heteroatoms. The minimum atomic E-state index is -4.64. The summed E-state index contributed by atoms with van der Waals surface area (Å²) in [5.74, 6) is -0.713. The summed E-state index contributed by atoms with van der Waals surface area (Å²) >= 11 is 0. The van der Waals surface area contributed by atoms with E-state index >= 15 is 0 Å². The van der Waals surface area contributed by atoms with Crippen LogP contribution in [-0.2, 0) is 15.7 Å². The highest BCUT2D eigenvalue weighted by molar-refractivity contribution is 6.05. The van der Waals surface area contributed by atoms with E-state index in [-0.39, 0.29) is 52.8 Å². The molecule has 0 bridgehead atoms. The Bertz CT molecular complexity index is 1800. The number of H-pyrrole nitrogens is 1. The van der Waals surface area contributed by atoms with Crippen LogP contribution in [0, 0.1) is 0 Å². The number of halogens is 3. The summed E-state index contributed by atoms with van der Waals surface area (Å²) in [5.41, 5.74) is 4.33. The van der Waals surface area contributed by atoms with Crippen LogP contribution in [0.2, 0.25) is 0 Å². The van der Waals surface area contributed by atoms with Crippen molar-refractivity contribution in [1.82, 2.24) is 29.9 Å². The van der Waals surface area contributed by atoms with Gasteiger partial charge in [0.15, 0.2) is 23.3 Å². The number of nitrogens with two attached hydrogens (primary N) is 1. The van der Waals surface area contributed by atoms with E-state index in [1.807, 2.05) is 0 Å². The molecule has 1 aliphatic rings. The molecule has 0 aliphatic carbocycles. The summed E-state index contributed by atoms with van der Waals surface area (Å²) in [5, 5.41) is 18.1. The number of alkyl halides is 3. The molecule has 1 saturated heterocycles. The number of carbonyl (C=O) groups is 1. The number of hydrogen-bond acceptors (Lipinski definition) is 10. The highest BCUT2D eigenvalue weighted by Crippen LogP contribution is 2.30. The topological polar surface area (TPSA) is 178 Å². The number of carbonyl (C=O) groups excluding carboxylic acids is 1. The number of aromatic amines is 1. The molecule has 13 nitrogen and oxygen atoms in total. The Hall–Kier alpha value is -4.83. The molecule has 2 atom stereocenters. The van der Waals surface area contributed by atoms with Crippen LogP contribution < -0.4 is 16.2 Å². The quantitative estimate of drug-likeness (QED) is 0.303. The van der Waals surface area contributed by atoms with Gasteiger partial charge in [-0.25, -0.2) is 14.8 Å². The number of nitrogens with zero attached hydrogens (tertiary/aromatic N) is 6. The average molecular weight is 542 g/mol. The van der Waals surface area contributed by atoms with E-state index in [2.05, 4.69) is 25.2 Å². The van der Waals surface area contributed by atoms with Crippen molar-refractivity contribution in [2.75, 3.05) is 23.8 Å². The predicted molar refractivity (Wildman–Crippen MR) is 128 cm³/mol. The summed E-state index contributed by atoms with van der Waals surface area (Å²) < 4.78 is 51.1. The first-order valence-corrected chi connectivity index (χ1v) is 11.4. The van der Waals surface area contributed by atoms with Crippen LogP contribution in [0.1, 0.15) is 17.6 Å². The Morgan fingerprint density at radius 2 is 2.00 bits per heavy atom. The lowest BCUT2D eigenvalue weighted by Gasteiger charge is -2.32. The highest BCUT2D eigenvalue weighted by atomic mass is 19.4. The Labute approximate surface area is 214 Å². The summed E-state index contributed by atoms with van der Waals surface area (Å²) in [4.78, 5) is 38.7. The molecule has 1 unspecified atom stereocenters. The van der Waals surface area contributed by atoms with Crippen molar-refractivity contribution in [3.8, 4) is 5.69 Å². The van der Waals surface area contributed by atoms with Crippen molar-refractivity contribution >= 4 is 39.4 Å². The second kappa shape index (κ2) is 8.88. The Kier molecular flexibility index (Phi) is 5.58. The molecule has 1 aromatic carbocycles. The summed E-state index contributed by atoms with van der Waals surface area (Å²) in [6.45, 7) is 0.0523. The Balaban J connectivity index is 1.28. The monoisotopic (exact) mass is 542 g/mol. The number of amides is 1. The number of hydrogen-bond donors (Lipinski definition) is 3. The fraction of sp³-hybridized carbons (Fsp3) is 0.217. The van der Waals surface area contributed by atoms with E-state index in [0.29, 0.717) is 5.39 Å². The van der Waals surface area contributed by atoms with Crippen molar-refractivity contribution < 1.29 is 32.3 Å². The van der Waals surface area contributed by atoms with Crippen molar-refractivity contribution in [3.05, 3.63) is 64.6 Å². The number of nitrogens with one attached hydrogen (secondary N) is 1. The molecule has 1 aliphatic heterocycles. The van der Waals surface area contributed by atoms with Gasteiger partial charge in [0.1, 0.15) is 23.0 Å². The lowest BCUT2D eigenvalue weighted by atomic mass is 10.1. The second-order valence-electron chi connectivity index (χ2n) is 8.58. The molecular formula is C23H17F3N8O5. The normalized spacial score (nSPS) is 17.3. The third kappa shape index (κ3) is 4.15. The number of ether oxygens (including phenoxy) is 1. The maximum Gasteiger partial charge on any atom is 0.433 e. The smallest absolute Gasteiger partial charge is 0.382 e. The van der Waals surface area contributed by atoms with Gasteiger partial charge in [-0.1, -0.05) is 0 Å². The van der Waals surface area contributed by atoms with Crippen LogP contribution >= 0.6 is 0 Å².